The molecule has 0 saturated heterocycles. The van der Waals surface area contributed by atoms with Gasteiger partial charge in [0.05, 0.1) is 0 Å². The van der Waals surface area contributed by atoms with E-state index in [1.165, 1.54) is 51.4 Å². The lowest BCUT2D eigenvalue weighted by atomic mass is 9.71. The van der Waals surface area contributed by atoms with E-state index in [0.717, 1.165) is 23.7 Å². The van der Waals surface area contributed by atoms with Crippen molar-refractivity contribution < 1.29 is 0 Å². The summed E-state index contributed by atoms with van der Waals surface area (Å²) in [6, 6.07) is 0. The van der Waals surface area contributed by atoms with Crippen LogP contribution in [0.25, 0.3) is 0 Å². The van der Waals surface area contributed by atoms with Gasteiger partial charge >= 0.3 is 0 Å². The minimum absolute atomic E-state index is 0.870. The van der Waals surface area contributed by atoms with E-state index in [1.807, 2.05) is 0 Å². The second-order valence-electron chi connectivity index (χ2n) is 6.49. The summed E-state index contributed by atoms with van der Waals surface area (Å²) in [6.07, 6.45) is 11.4. The fourth-order valence-corrected chi connectivity index (χ4v) is 3.60. The zero-order valence-corrected chi connectivity index (χ0v) is 11.2. The number of rotatable bonds is 2. The Kier molecular flexibility index (Phi) is 4.10. The molecule has 0 bridgehead atoms. The summed E-state index contributed by atoms with van der Waals surface area (Å²) in [4.78, 5) is 0. The van der Waals surface area contributed by atoms with Crippen LogP contribution in [0.1, 0.15) is 65.2 Å². The van der Waals surface area contributed by atoms with Crippen molar-refractivity contribution in [3.63, 3.8) is 0 Å². The third-order valence-electron chi connectivity index (χ3n) is 5.08. The molecule has 0 aromatic rings. The molecule has 2 aliphatic rings. The predicted molar refractivity (Wildman–Crippen MR) is 71.4 cm³/mol. The van der Waals surface area contributed by atoms with E-state index in [2.05, 4.69) is 20.4 Å². The molecule has 0 aliphatic heterocycles. The van der Waals surface area contributed by atoms with Crippen LogP contribution in [-0.4, -0.2) is 0 Å². The van der Waals surface area contributed by atoms with E-state index in [9.17, 15) is 0 Å². The van der Waals surface area contributed by atoms with Gasteiger partial charge in [-0.05, 0) is 49.4 Å². The predicted octanol–water partition coefficient (Wildman–Crippen LogP) is 5.20. The van der Waals surface area contributed by atoms with E-state index in [0.29, 0.717) is 0 Å². The summed E-state index contributed by atoms with van der Waals surface area (Å²) >= 11 is 0. The SMILES string of the molecule is C=C(C1CCC(C)CC1)C1CCC(C)CC1. The van der Waals surface area contributed by atoms with Gasteiger partial charge in [0.25, 0.3) is 0 Å². The van der Waals surface area contributed by atoms with Crippen LogP contribution in [0, 0.1) is 23.7 Å². The molecule has 2 rings (SSSR count). The first-order valence-corrected chi connectivity index (χ1v) is 7.35. The van der Waals surface area contributed by atoms with Crippen LogP contribution in [-0.2, 0) is 0 Å². The lowest BCUT2D eigenvalue weighted by molar-refractivity contribution is 0.265. The van der Waals surface area contributed by atoms with Crippen molar-refractivity contribution in [2.45, 2.75) is 65.2 Å². The van der Waals surface area contributed by atoms with Gasteiger partial charge in [-0.2, -0.15) is 0 Å². The Morgan fingerprint density at radius 2 is 1.00 bits per heavy atom. The van der Waals surface area contributed by atoms with Crippen LogP contribution in [0.3, 0.4) is 0 Å². The Morgan fingerprint density at radius 1 is 0.688 bits per heavy atom. The highest BCUT2D eigenvalue weighted by Gasteiger charge is 2.27. The summed E-state index contributed by atoms with van der Waals surface area (Å²) in [7, 11) is 0. The highest BCUT2D eigenvalue weighted by atomic mass is 14.3. The van der Waals surface area contributed by atoms with E-state index >= 15 is 0 Å². The third kappa shape index (κ3) is 2.90. The molecule has 0 nitrogen and oxygen atoms in total. The molecular weight excluding hydrogens is 192 g/mol. The highest BCUT2D eigenvalue weighted by Crippen LogP contribution is 2.40. The lowest BCUT2D eigenvalue weighted by Crippen LogP contribution is -2.21. The molecule has 0 aromatic carbocycles. The maximum atomic E-state index is 4.45. The van der Waals surface area contributed by atoms with Crippen molar-refractivity contribution in [1.29, 1.82) is 0 Å². The van der Waals surface area contributed by atoms with Gasteiger partial charge in [-0.25, -0.2) is 0 Å². The monoisotopic (exact) mass is 220 g/mol. The molecule has 0 atom stereocenters. The highest BCUT2D eigenvalue weighted by molar-refractivity contribution is 5.08. The van der Waals surface area contributed by atoms with Crippen molar-refractivity contribution in [1.82, 2.24) is 0 Å². The quantitative estimate of drug-likeness (QED) is 0.561. The molecular formula is C16H28. The molecule has 2 aliphatic carbocycles. The molecule has 0 aromatic heterocycles. The molecule has 0 heterocycles. The van der Waals surface area contributed by atoms with Crippen LogP contribution < -0.4 is 0 Å². The van der Waals surface area contributed by atoms with Crippen molar-refractivity contribution in [2.24, 2.45) is 23.7 Å². The third-order valence-corrected chi connectivity index (χ3v) is 5.08. The summed E-state index contributed by atoms with van der Waals surface area (Å²) in [5.74, 6) is 3.68. The minimum atomic E-state index is 0.870. The zero-order valence-electron chi connectivity index (χ0n) is 11.2. The minimum Gasteiger partial charge on any atom is -0.0993 e. The Morgan fingerprint density at radius 3 is 1.31 bits per heavy atom. The van der Waals surface area contributed by atoms with E-state index in [-0.39, 0.29) is 0 Å². The van der Waals surface area contributed by atoms with Crippen LogP contribution in [0.4, 0.5) is 0 Å². The average molecular weight is 220 g/mol. The maximum Gasteiger partial charge on any atom is -0.0203 e. The number of allylic oxidation sites excluding steroid dienone is 1. The van der Waals surface area contributed by atoms with Gasteiger partial charge in [-0.3, -0.25) is 0 Å². The smallest absolute Gasteiger partial charge is 0.0203 e. The summed E-state index contributed by atoms with van der Waals surface area (Å²) in [5.41, 5.74) is 1.62. The number of hydrogen-bond acceptors (Lipinski definition) is 0. The molecule has 0 spiro atoms. The van der Waals surface area contributed by atoms with E-state index in [1.54, 1.807) is 5.57 Å². The Bertz CT molecular complexity index is 200. The largest absolute Gasteiger partial charge is 0.0993 e. The summed E-state index contributed by atoms with van der Waals surface area (Å²) < 4.78 is 0. The van der Waals surface area contributed by atoms with Gasteiger partial charge in [0.2, 0.25) is 0 Å². The van der Waals surface area contributed by atoms with Gasteiger partial charge < -0.3 is 0 Å². The van der Waals surface area contributed by atoms with Crippen LogP contribution in [0.2, 0.25) is 0 Å². The molecule has 16 heavy (non-hydrogen) atoms. The molecule has 0 unspecified atom stereocenters. The van der Waals surface area contributed by atoms with Gasteiger partial charge in [-0.15, -0.1) is 0 Å². The molecule has 2 fully saturated rings. The summed E-state index contributed by atoms with van der Waals surface area (Å²) in [6.45, 7) is 9.26. The standard InChI is InChI=1S/C16H28/c1-12-4-8-15(9-5-12)14(3)16-10-6-13(2)7-11-16/h12-13,15-16H,3-11H2,1-2H3. The lowest BCUT2D eigenvalue weighted by Gasteiger charge is -2.34. The van der Waals surface area contributed by atoms with Crippen molar-refractivity contribution in [3.8, 4) is 0 Å². The first kappa shape index (κ1) is 12.2. The molecule has 0 amide bonds. The Labute approximate surface area is 102 Å². The molecule has 0 N–H and O–H groups in total. The van der Waals surface area contributed by atoms with Crippen LogP contribution in [0.5, 0.6) is 0 Å². The van der Waals surface area contributed by atoms with E-state index < -0.39 is 0 Å². The first-order chi connectivity index (χ1) is 7.66. The molecule has 0 radical (unpaired) electrons. The molecule has 0 heteroatoms. The van der Waals surface area contributed by atoms with Crippen molar-refractivity contribution in [3.05, 3.63) is 12.2 Å². The second-order valence-corrected chi connectivity index (χ2v) is 6.49. The van der Waals surface area contributed by atoms with Gasteiger partial charge in [0.1, 0.15) is 0 Å². The normalized spacial score (nSPS) is 40.6. The fraction of sp³-hybridized carbons (Fsp3) is 0.875. The Balaban J connectivity index is 1.83. The first-order valence-electron chi connectivity index (χ1n) is 7.35. The Hall–Kier alpha value is -0.260. The maximum absolute atomic E-state index is 4.45. The van der Waals surface area contributed by atoms with Gasteiger partial charge in [0, 0.05) is 0 Å². The van der Waals surface area contributed by atoms with Crippen molar-refractivity contribution in [2.75, 3.05) is 0 Å². The topological polar surface area (TPSA) is 0 Å². The average Bonchev–Trinajstić information content (AvgIpc) is 2.30. The van der Waals surface area contributed by atoms with Crippen LogP contribution in [0.15, 0.2) is 12.2 Å². The van der Waals surface area contributed by atoms with Crippen molar-refractivity contribution >= 4 is 0 Å². The van der Waals surface area contributed by atoms with Crippen LogP contribution >= 0.6 is 0 Å². The second kappa shape index (κ2) is 5.38. The zero-order chi connectivity index (χ0) is 11.5. The van der Waals surface area contributed by atoms with Gasteiger partial charge in [0.15, 0.2) is 0 Å². The number of hydrogen-bond donors (Lipinski definition) is 0. The van der Waals surface area contributed by atoms with Gasteiger partial charge in [-0.1, -0.05) is 51.7 Å². The fourth-order valence-electron chi connectivity index (χ4n) is 3.60. The van der Waals surface area contributed by atoms with E-state index in [4.69, 9.17) is 0 Å². The summed E-state index contributed by atoms with van der Waals surface area (Å²) in [5, 5.41) is 0. The molecule has 92 valence electrons. The molecule has 2 saturated carbocycles.